The SMILES string of the molecule is O=C(O)CCC(=O)N1CCc2ccccc2C1Cc1ccccc1. The van der Waals surface area contributed by atoms with Gasteiger partial charge in [0.25, 0.3) is 0 Å². The zero-order valence-electron chi connectivity index (χ0n) is 13.5. The highest BCUT2D eigenvalue weighted by Crippen LogP contribution is 2.33. The molecule has 0 spiro atoms. The van der Waals surface area contributed by atoms with Gasteiger partial charge in [-0.15, -0.1) is 0 Å². The van der Waals surface area contributed by atoms with Crippen LogP contribution in [0.15, 0.2) is 54.6 Å². The fourth-order valence-electron chi connectivity index (χ4n) is 3.37. The first kappa shape index (κ1) is 16.2. The van der Waals surface area contributed by atoms with Gasteiger partial charge in [0.2, 0.25) is 5.91 Å². The second-order valence-corrected chi connectivity index (χ2v) is 6.14. The molecule has 0 aromatic heterocycles. The van der Waals surface area contributed by atoms with Gasteiger partial charge in [-0.05, 0) is 29.5 Å². The maximum atomic E-state index is 12.6. The van der Waals surface area contributed by atoms with Crippen molar-refractivity contribution in [3.63, 3.8) is 0 Å². The van der Waals surface area contributed by atoms with Crippen molar-refractivity contribution < 1.29 is 14.7 Å². The van der Waals surface area contributed by atoms with E-state index in [2.05, 4.69) is 24.3 Å². The third-order valence-electron chi connectivity index (χ3n) is 4.56. The van der Waals surface area contributed by atoms with E-state index in [1.165, 1.54) is 16.7 Å². The number of fused-ring (bicyclic) bond motifs is 1. The molecule has 0 saturated carbocycles. The lowest BCUT2D eigenvalue weighted by molar-refractivity contribution is -0.142. The summed E-state index contributed by atoms with van der Waals surface area (Å²) in [6.07, 6.45) is 1.51. The maximum absolute atomic E-state index is 12.6. The van der Waals surface area contributed by atoms with Gasteiger partial charge in [0, 0.05) is 13.0 Å². The Hall–Kier alpha value is -2.62. The first-order valence-corrected chi connectivity index (χ1v) is 8.28. The van der Waals surface area contributed by atoms with Crippen molar-refractivity contribution >= 4 is 11.9 Å². The molecule has 24 heavy (non-hydrogen) atoms. The number of amides is 1. The summed E-state index contributed by atoms with van der Waals surface area (Å²) in [5, 5.41) is 8.85. The smallest absolute Gasteiger partial charge is 0.303 e. The second-order valence-electron chi connectivity index (χ2n) is 6.14. The van der Waals surface area contributed by atoms with Gasteiger partial charge in [0.05, 0.1) is 12.5 Å². The molecule has 3 rings (SSSR count). The number of carboxylic acid groups (broad SMARTS) is 1. The molecule has 1 aliphatic rings. The molecule has 0 radical (unpaired) electrons. The summed E-state index contributed by atoms with van der Waals surface area (Å²) in [4.78, 5) is 25.2. The van der Waals surface area contributed by atoms with Crippen molar-refractivity contribution in [1.82, 2.24) is 4.90 Å². The Bertz CT molecular complexity index is 727. The van der Waals surface area contributed by atoms with Crippen LogP contribution in [0.2, 0.25) is 0 Å². The summed E-state index contributed by atoms with van der Waals surface area (Å²) in [7, 11) is 0. The normalized spacial score (nSPS) is 16.5. The molecule has 4 nitrogen and oxygen atoms in total. The molecule has 2 aromatic carbocycles. The Balaban J connectivity index is 1.87. The summed E-state index contributed by atoms with van der Waals surface area (Å²) >= 11 is 0. The van der Waals surface area contributed by atoms with E-state index in [9.17, 15) is 9.59 Å². The van der Waals surface area contributed by atoms with Crippen LogP contribution in [0.4, 0.5) is 0 Å². The molecular weight excluding hydrogens is 302 g/mol. The Morgan fingerprint density at radius 1 is 1.00 bits per heavy atom. The first-order valence-electron chi connectivity index (χ1n) is 8.28. The van der Waals surface area contributed by atoms with Crippen LogP contribution in [0.1, 0.15) is 35.6 Å². The lowest BCUT2D eigenvalue weighted by atomic mass is 9.88. The summed E-state index contributed by atoms with van der Waals surface area (Å²) in [5.41, 5.74) is 3.63. The van der Waals surface area contributed by atoms with Crippen molar-refractivity contribution in [2.75, 3.05) is 6.54 Å². The fourth-order valence-corrected chi connectivity index (χ4v) is 3.37. The van der Waals surface area contributed by atoms with Gasteiger partial charge >= 0.3 is 5.97 Å². The number of aliphatic carboxylic acids is 1. The molecule has 124 valence electrons. The Kier molecular flexibility index (Phi) is 4.94. The van der Waals surface area contributed by atoms with Crippen LogP contribution >= 0.6 is 0 Å². The number of carbonyl (C=O) groups is 2. The summed E-state index contributed by atoms with van der Waals surface area (Å²) in [6.45, 7) is 0.646. The monoisotopic (exact) mass is 323 g/mol. The van der Waals surface area contributed by atoms with Gasteiger partial charge in [0.15, 0.2) is 0 Å². The second kappa shape index (κ2) is 7.30. The van der Waals surface area contributed by atoms with Gasteiger partial charge in [-0.2, -0.15) is 0 Å². The molecule has 0 aliphatic carbocycles. The third-order valence-corrected chi connectivity index (χ3v) is 4.56. The highest BCUT2D eigenvalue weighted by atomic mass is 16.4. The standard InChI is InChI=1S/C20H21NO3/c22-19(10-11-20(23)24)21-13-12-16-8-4-5-9-17(16)18(21)14-15-6-2-1-3-7-15/h1-9,18H,10-14H2,(H,23,24). The van der Waals surface area contributed by atoms with E-state index in [4.69, 9.17) is 5.11 Å². The molecular formula is C20H21NO3. The van der Waals surface area contributed by atoms with E-state index in [0.29, 0.717) is 6.54 Å². The number of carboxylic acids is 1. The molecule has 1 heterocycles. The highest BCUT2D eigenvalue weighted by molar-refractivity contribution is 5.81. The molecule has 1 unspecified atom stereocenters. The zero-order valence-corrected chi connectivity index (χ0v) is 13.5. The molecule has 2 aromatic rings. The zero-order chi connectivity index (χ0) is 16.9. The molecule has 1 amide bonds. The van der Waals surface area contributed by atoms with Gasteiger partial charge in [0.1, 0.15) is 0 Å². The van der Waals surface area contributed by atoms with Crippen LogP contribution in [0.5, 0.6) is 0 Å². The Labute approximate surface area is 141 Å². The number of hydrogen-bond donors (Lipinski definition) is 1. The van der Waals surface area contributed by atoms with E-state index < -0.39 is 5.97 Å². The van der Waals surface area contributed by atoms with Gasteiger partial charge < -0.3 is 10.0 Å². The van der Waals surface area contributed by atoms with Crippen LogP contribution < -0.4 is 0 Å². The Morgan fingerprint density at radius 2 is 1.71 bits per heavy atom. The van der Waals surface area contributed by atoms with Gasteiger partial charge in [-0.1, -0.05) is 54.6 Å². The molecule has 4 heteroatoms. The van der Waals surface area contributed by atoms with Crippen molar-refractivity contribution in [1.29, 1.82) is 0 Å². The lowest BCUT2D eigenvalue weighted by Gasteiger charge is -2.37. The highest BCUT2D eigenvalue weighted by Gasteiger charge is 2.30. The largest absolute Gasteiger partial charge is 0.481 e. The molecule has 0 bridgehead atoms. The van der Waals surface area contributed by atoms with E-state index >= 15 is 0 Å². The predicted octanol–water partition coefficient (Wildman–Crippen LogP) is 3.22. The predicted molar refractivity (Wildman–Crippen MR) is 91.6 cm³/mol. The van der Waals surface area contributed by atoms with E-state index in [1.807, 2.05) is 35.2 Å². The number of hydrogen-bond acceptors (Lipinski definition) is 2. The third kappa shape index (κ3) is 3.65. The number of nitrogens with zero attached hydrogens (tertiary/aromatic N) is 1. The number of benzene rings is 2. The average molecular weight is 323 g/mol. The lowest BCUT2D eigenvalue weighted by Crippen LogP contribution is -2.41. The van der Waals surface area contributed by atoms with E-state index in [0.717, 1.165) is 12.8 Å². The van der Waals surface area contributed by atoms with E-state index in [1.54, 1.807) is 0 Å². The quantitative estimate of drug-likeness (QED) is 0.919. The van der Waals surface area contributed by atoms with Crippen LogP contribution in [-0.2, 0) is 22.4 Å². The van der Waals surface area contributed by atoms with Crippen molar-refractivity contribution in [3.8, 4) is 0 Å². The van der Waals surface area contributed by atoms with E-state index in [-0.39, 0.29) is 24.8 Å². The van der Waals surface area contributed by atoms with Gasteiger partial charge in [-0.25, -0.2) is 0 Å². The first-order chi connectivity index (χ1) is 11.6. The summed E-state index contributed by atoms with van der Waals surface area (Å²) in [6, 6.07) is 18.3. The minimum absolute atomic E-state index is 0.0290. The van der Waals surface area contributed by atoms with Crippen molar-refractivity contribution in [3.05, 3.63) is 71.3 Å². The number of carbonyl (C=O) groups excluding carboxylic acids is 1. The van der Waals surface area contributed by atoms with Crippen LogP contribution in [-0.4, -0.2) is 28.4 Å². The summed E-state index contributed by atoms with van der Waals surface area (Å²) in [5.74, 6) is -1.01. The molecule has 1 aliphatic heterocycles. The molecule has 1 N–H and O–H groups in total. The molecule has 0 fully saturated rings. The van der Waals surface area contributed by atoms with Crippen molar-refractivity contribution in [2.24, 2.45) is 0 Å². The van der Waals surface area contributed by atoms with Crippen molar-refractivity contribution in [2.45, 2.75) is 31.7 Å². The number of rotatable bonds is 5. The Morgan fingerprint density at radius 3 is 2.46 bits per heavy atom. The van der Waals surface area contributed by atoms with Crippen LogP contribution in [0, 0.1) is 0 Å². The molecule has 0 saturated heterocycles. The maximum Gasteiger partial charge on any atom is 0.303 e. The van der Waals surface area contributed by atoms with Crippen LogP contribution in [0.25, 0.3) is 0 Å². The summed E-state index contributed by atoms with van der Waals surface area (Å²) < 4.78 is 0. The average Bonchev–Trinajstić information content (AvgIpc) is 2.61. The fraction of sp³-hybridized carbons (Fsp3) is 0.300. The van der Waals surface area contributed by atoms with Crippen LogP contribution in [0.3, 0.4) is 0 Å². The minimum Gasteiger partial charge on any atom is -0.481 e. The topological polar surface area (TPSA) is 57.6 Å². The minimum atomic E-state index is -0.930. The van der Waals surface area contributed by atoms with Gasteiger partial charge in [-0.3, -0.25) is 9.59 Å². The molecule has 1 atom stereocenters.